The van der Waals surface area contributed by atoms with E-state index in [1.54, 1.807) is 11.8 Å². The molecule has 0 amide bonds. The molecule has 242 valence electrons. The summed E-state index contributed by atoms with van der Waals surface area (Å²) in [7, 11) is -2.95. The first-order valence-corrected chi connectivity index (χ1v) is 17.2. The van der Waals surface area contributed by atoms with Gasteiger partial charge in [-0.3, -0.25) is 18.6 Å². The first kappa shape index (κ1) is 40.2. The van der Waals surface area contributed by atoms with Crippen LogP contribution in [0.4, 0.5) is 0 Å². The second kappa shape index (κ2) is 24.7. The SMILES string of the molecule is CCC(COCCCSCCC(=O)OCC(CC)(COC(=O)CCS)COC(=O)CCS)OCCOS(=O)(=O)OC. The van der Waals surface area contributed by atoms with Crippen LogP contribution in [0.3, 0.4) is 0 Å². The van der Waals surface area contributed by atoms with Crippen LogP contribution < -0.4 is 0 Å². The maximum Gasteiger partial charge on any atom is 0.399 e. The van der Waals surface area contributed by atoms with Crippen LogP contribution in [0, 0.1) is 5.41 Å². The van der Waals surface area contributed by atoms with E-state index in [9.17, 15) is 22.8 Å². The van der Waals surface area contributed by atoms with Crippen LogP contribution in [0.5, 0.6) is 0 Å². The summed E-state index contributed by atoms with van der Waals surface area (Å²) in [5.74, 6) is 0.820. The van der Waals surface area contributed by atoms with Crippen molar-refractivity contribution in [2.24, 2.45) is 5.41 Å². The van der Waals surface area contributed by atoms with Crippen molar-refractivity contribution in [3.63, 3.8) is 0 Å². The van der Waals surface area contributed by atoms with Crippen molar-refractivity contribution < 1.29 is 54.9 Å². The Hall–Kier alpha value is -0.750. The molecule has 0 fully saturated rings. The molecule has 0 heterocycles. The molecule has 0 saturated heterocycles. The number of ether oxygens (including phenoxy) is 5. The normalized spacial score (nSPS) is 12.6. The molecule has 41 heavy (non-hydrogen) atoms. The Bertz CT molecular complexity index is 803. The van der Waals surface area contributed by atoms with Gasteiger partial charge >= 0.3 is 28.3 Å². The van der Waals surface area contributed by atoms with Crippen LogP contribution in [-0.4, -0.2) is 109 Å². The van der Waals surface area contributed by atoms with E-state index in [4.69, 9.17) is 23.7 Å². The third-order valence-corrected chi connectivity index (χ3v) is 8.04. The molecule has 0 spiro atoms. The monoisotopic (exact) mass is 666 g/mol. The highest BCUT2D eigenvalue weighted by molar-refractivity contribution is 7.99. The van der Waals surface area contributed by atoms with Gasteiger partial charge in [0, 0.05) is 23.9 Å². The summed E-state index contributed by atoms with van der Waals surface area (Å²) in [4.78, 5) is 36.1. The first-order valence-electron chi connectivity index (χ1n) is 13.5. The fourth-order valence-corrected chi connectivity index (χ4v) is 4.52. The lowest BCUT2D eigenvalue weighted by molar-refractivity contribution is -0.161. The summed E-state index contributed by atoms with van der Waals surface area (Å²) in [6.45, 7) is 4.51. The molecule has 0 bridgehead atoms. The predicted octanol–water partition coefficient (Wildman–Crippen LogP) is 2.89. The zero-order chi connectivity index (χ0) is 31.0. The number of carbonyl (C=O) groups is 3. The Balaban J connectivity index is 4.28. The molecule has 0 aromatic rings. The highest BCUT2D eigenvalue weighted by atomic mass is 32.3. The van der Waals surface area contributed by atoms with E-state index in [-0.39, 0.29) is 64.4 Å². The van der Waals surface area contributed by atoms with Crippen LogP contribution >= 0.6 is 37.0 Å². The second-order valence-electron chi connectivity index (χ2n) is 8.87. The molecule has 1 unspecified atom stereocenters. The Morgan fingerprint density at radius 3 is 1.88 bits per heavy atom. The third-order valence-electron chi connectivity index (χ3n) is 5.66. The summed E-state index contributed by atoms with van der Waals surface area (Å²) >= 11 is 9.64. The largest absolute Gasteiger partial charge is 0.465 e. The average Bonchev–Trinajstić information content (AvgIpc) is 2.95. The van der Waals surface area contributed by atoms with Gasteiger partial charge in [0.25, 0.3) is 0 Å². The number of rotatable bonds is 27. The topological polar surface area (TPSA) is 150 Å². The van der Waals surface area contributed by atoms with E-state index in [1.165, 1.54) is 0 Å². The predicted molar refractivity (Wildman–Crippen MR) is 162 cm³/mol. The lowest BCUT2D eigenvalue weighted by atomic mass is 9.88. The molecule has 0 aliphatic heterocycles. The van der Waals surface area contributed by atoms with E-state index >= 15 is 0 Å². The number of thiol groups is 2. The van der Waals surface area contributed by atoms with Gasteiger partial charge in [-0.25, -0.2) is 4.18 Å². The van der Waals surface area contributed by atoms with Crippen LogP contribution in [0.1, 0.15) is 52.4 Å². The van der Waals surface area contributed by atoms with Gasteiger partial charge in [-0.15, -0.1) is 0 Å². The van der Waals surface area contributed by atoms with E-state index in [2.05, 4.69) is 33.6 Å². The van der Waals surface area contributed by atoms with E-state index in [0.717, 1.165) is 19.3 Å². The van der Waals surface area contributed by atoms with Gasteiger partial charge in [-0.05, 0) is 25.0 Å². The van der Waals surface area contributed by atoms with Crippen molar-refractivity contribution in [1.29, 1.82) is 0 Å². The standard InChI is InChI=1S/C25H46O12S4/c1-4-21(33-11-12-37-41(29,30)31-3)17-32-10-6-15-40-16-9-24(28)36-20-25(5-2,18-34-22(26)7-13-38)19-35-23(27)8-14-39/h21,38-39H,4-20H2,1-3H3. The van der Waals surface area contributed by atoms with Crippen molar-refractivity contribution in [2.45, 2.75) is 58.5 Å². The van der Waals surface area contributed by atoms with E-state index in [1.807, 2.05) is 13.8 Å². The molecule has 12 nitrogen and oxygen atoms in total. The molecule has 0 N–H and O–H groups in total. The molecular formula is C25H46O12S4. The summed E-state index contributed by atoms with van der Waals surface area (Å²) < 4.78 is 58.3. The highest BCUT2D eigenvalue weighted by Crippen LogP contribution is 2.25. The van der Waals surface area contributed by atoms with Gasteiger partial charge < -0.3 is 23.7 Å². The molecule has 1 atom stereocenters. The van der Waals surface area contributed by atoms with Gasteiger partial charge in [-0.2, -0.15) is 45.4 Å². The van der Waals surface area contributed by atoms with Crippen molar-refractivity contribution in [2.75, 3.05) is 76.4 Å². The van der Waals surface area contributed by atoms with Crippen molar-refractivity contribution >= 4 is 65.3 Å². The summed E-state index contributed by atoms with van der Waals surface area (Å²) in [5.41, 5.74) is -0.840. The van der Waals surface area contributed by atoms with Gasteiger partial charge in [-0.1, -0.05) is 13.8 Å². The zero-order valence-corrected chi connectivity index (χ0v) is 27.6. The minimum Gasteiger partial charge on any atom is -0.465 e. The van der Waals surface area contributed by atoms with Crippen LogP contribution in [0.15, 0.2) is 0 Å². The summed E-state index contributed by atoms with van der Waals surface area (Å²) in [6.07, 6.45) is 2.26. The van der Waals surface area contributed by atoms with Crippen molar-refractivity contribution in [1.82, 2.24) is 0 Å². The average molecular weight is 667 g/mol. The number of carbonyl (C=O) groups excluding carboxylic acids is 3. The van der Waals surface area contributed by atoms with Crippen LogP contribution in [0.2, 0.25) is 0 Å². The van der Waals surface area contributed by atoms with Crippen molar-refractivity contribution in [3.05, 3.63) is 0 Å². The van der Waals surface area contributed by atoms with Gasteiger partial charge in [0.05, 0.1) is 57.7 Å². The van der Waals surface area contributed by atoms with Gasteiger partial charge in [0.2, 0.25) is 0 Å². The lowest BCUT2D eigenvalue weighted by Gasteiger charge is -2.31. The molecule has 16 heteroatoms. The van der Waals surface area contributed by atoms with Gasteiger partial charge in [0.1, 0.15) is 19.8 Å². The smallest absolute Gasteiger partial charge is 0.399 e. The molecule has 0 aromatic carbocycles. The third kappa shape index (κ3) is 21.6. The van der Waals surface area contributed by atoms with Crippen molar-refractivity contribution in [3.8, 4) is 0 Å². The maximum atomic E-state index is 12.4. The van der Waals surface area contributed by atoms with Crippen LogP contribution in [0.25, 0.3) is 0 Å². The molecule has 0 aliphatic rings. The molecule has 0 saturated carbocycles. The minimum atomic E-state index is -3.97. The van der Waals surface area contributed by atoms with Crippen LogP contribution in [-0.2, 0) is 56.8 Å². The molecular weight excluding hydrogens is 621 g/mol. The number of thioether (sulfide) groups is 1. The Labute approximate surface area is 259 Å². The minimum absolute atomic E-state index is 0.0419. The summed E-state index contributed by atoms with van der Waals surface area (Å²) in [6, 6.07) is 0. The second-order valence-corrected chi connectivity index (χ2v) is 12.4. The molecule has 0 rings (SSSR count). The number of hydrogen-bond donors (Lipinski definition) is 2. The first-order chi connectivity index (χ1) is 19.6. The van der Waals surface area contributed by atoms with E-state index < -0.39 is 27.8 Å². The Morgan fingerprint density at radius 2 is 1.39 bits per heavy atom. The fourth-order valence-electron chi connectivity index (χ4n) is 2.95. The Kier molecular flexibility index (Phi) is 24.2. The highest BCUT2D eigenvalue weighted by Gasteiger charge is 2.34. The summed E-state index contributed by atoms with van der Waals surface area (Å²) in [5, 5.41) is 0. The number of hydrogen-bond acceptors (Lipinski definition) is 15. The van der Waals surface area contributed by atoms with E-state index in [0.29, 0.717) is 43.3 Å². The molecule has 0 aromatic heterocycles. The van der Waals surface area contributed by atoms with Gasteiger partial charge in [0.15, 0.2) is 0 Å². The molecule has 0 radical (unpaired) electrons. The number of esters is 3. The molecule has 0 aliphatic carbocycles. The quantitative estimate of drug-likeness (QED) is 0.0573. The maximum absolute atomic E-state index is 12.4. The zero-order valence-electron chi connectivity index (χ0n) is 24.2. The Morgan fingerprint density at radius 1 is 0.829 bits per heavy atom. The fraction of sp³-hybridized carbons (Fsp3) is 0.880. The lowest BCUT2D eigenvalue weighted by Crippen LogP contribution is -2.39.